The zero-order valence-corrected chi connectivity index (χ0v) is 8.78. The zero-order valence-electron chi connectivity index (χ0n) is 8.02. The Morgan fingerprint density at radius 3 is 2.29 bits per heavy atom. The van der Waals surface area contributed by atoms with Crippen molar-refractivity contribution in [3.8, 4) is 0 Å². The Bertz CT molecular complexity index is 331. The van der Waals surface area contributed by atoms with Gasteiger partial charge in [-0.15, -0.1) is 0 Å². The molecule has 0 radical (unpaired) electrons. The summed E-state index contributed by atoms with van der Waals surface area (Å²) in [7, 11) is 0. The van der Waals surface area contributed by atoms with Crippen LogP contribution in [0.5, 0.6) is 0 Å². The molecular weight excluding hydrogens is 208 g/mol. The number of alkyl halides is 2. The molecule has 78 valence electrons. The summed E-state index contributed by atoms with van der Waals surface area (Å²) in [4.78, 5) is 0. The van der Waals surface area contributed by atoms with Gasteiger partial charge < -0.3 is 5.73 Å². The Morgan fingerprint density at radius 2 is 1.93 bits per heavy atom. The van der Waals surface area contributed by atoms with E-state index in [1.54, 1.807) is 26.0 Å². The molecule has 0 fully saturated rings. The second-order valence-corrected chi connectivity index (χ2v) is 4.13. The smallest absolute Gasteiger partial charge is 0.265 e. The molecule has 0 saturated heterocycles. The lowest BCUT2D eigenvalue weighted by Crippen LogP contribution is -2.30. The lowest BCUT2D eigenvalue weighted by molar-refractivity contribution is 0.148. The van der Waals surface area contributed by atoms with Crippen LogP contribution >= 0.6 is 11.6 Å². The molecule has 0 aliphatic heterocycles. The first-order chi connectivity index (χ1) is 6.34. The maximum absolute atomic E-state index is 12.7. The van der Waals surface area contributed by atoms with E-state index in [2.05, 4.69) is 0 Å². The lowest BCUT2D eigenvalue weighted by atomic mass is 9.91. The van der Waals surface area contributed by atoms with Crippen molar-refractivity contribution in [2.24, 2.45) is 5.73 Å². The summed E-state index contributed by atoms with van der Waals surface area (Å²) in [5.41, 5.74) is 5.19. The molecule has 0 saturated carbocycles. The summed E-state index contributed by atoms with van der Waals surface area (Å²) in [6, 6.07) is 4.64. The third-order valence-corrected chi connectivity index (χ3v) is 2.29. The molecule has 0 bridgehead atoms. The minimum Gasteiger partial charge on any atom is -0.322 e. The molecule has 1 rings (SSSR count). The van der Waals surface area contributed by atoms with Crippen LogP contribution in [-0.4, -0.2) is 0 Å². The average Bonchev–Trinajstić information content (AvgIpc) is 2.01. The fourth-order valence-electron chi connectivity index (χ4n) is 1.32. The number of halogens is 3. The summed E-state index contributed by atoms with van der Waals surface area (Å²) in [6.45, 7) is 3.34. The van der Waals surface area contributed by atoms with Crippen LogP contribution in [0.1, 0.15) is 31.4 Å². The summed E-state index contributed by atoms with van der Waals surface area (Å²) in [5, 5.41) is 0.0658. The van der Waals surface area contributed by atoms with Gasteiger partial charge in [0.25, 0.3) is 6.43 Å². The van der Waals surface area contributed by atoms with Crippen molar-refractivity contribution >= 4 is 11.6 Å². The van der Waals surface area contributed by atoms with Gasteiger partial charge in [0.15, 0.2) is 0 Å². The quantitative estimate of drug-likeness (QED) is 0.810. The summed E-state index contributed by atoms with van der Waals surface area (Å²) in [6.07, 6.45) is -2.60. The Kier molecular flexibility index (Phi) is 3.12. The minimum atomic E-state index is -2.60. The van der Waals surface area contributed by atoms with Gasteiger partial charge in [-0.25, -0.2) is 8.78 Å². The van der Waals surface area contributed by atoms with Gasteiger partial charge in [0.2, 0.25) is 0 Å². The van der Waals surface area contributed by atoms with E-state index in [1.165, 1.54) is 6.07 Å². The fraction of sp³-hybridized carbons (Fsp3) is 0.400. The first kappa shape index (κ1) is 11.4. The molecule has 0 unspecified atom stereocenters. The van der Waals surface area contributed by atoms with Crippen molar-refractivity contribution in [3.63, 3.8) is 0 Å². The standard InChI is InChI=1S/C10H12ClF2N/c1-10(2,14)6-4-3-5-7(11)8(6)9(12)13/h3-5,9H,14H2,1-2H3. The number of hydrogen-bond acceptors (Lipinski definition) is 1. The highest BCUT2D eigenvalue weighted by atomic mass is 35.5. The van der Waals surface area contributed by atoms with Crippen LogP contribution < -0.4 is 5.73 Å². The fourth-order valence-corrected chi connectivity index (χ4v) is 1.58. The van der Waals surface area contributed by atoms with Crippen LogP contribution in [0.3, 0.4) is 0 Å². The van der Waals surface area contributed by atoms with Gasteiger partial charge in [-0.2, -0.15) is 0 Å². The number of hydrogen-bond donors (Lipinski definition) is 1. The number of benzene rings is 1. The van der Waals surface area contributed by atoms with Crippen molar-refractivity contribution < 1.29 is 8.78 Å². The molecule has 1 nitrogen and oxygen atoms in total. The second-order valence-electron chi connectivity index (χ2n) is 3.72. The molecule has 4 heteroatoms. The van der Waals surface area contributed by atoms with Crippen LogP contribution in [-0.2, 0) is 5.54 Å². The predicted octanol–water partition coefficient (Wildman–Crippen LogP) is 3.47. The van der Waals surface area contributed by atoms with Gasteiger partial charge in [-0.3, -0.25) is 0 Å². The van der Waals surface area contributed by atoms with E-state index in [-0.39, 0.29) is 10.6 Å². The van der Waals surface area contributed by atoms with Crippen LogP contribution in [0, 0.1) is 0 Å². The van der Waals surface area contributed by atoms with Gasteiger partial charge >= 0.3 is 0 Å². The van der Waals surface area contributed by atoms with Crippen molar-refractivity contribution in [2.45, 2.75) is 25.8 Å². The van der Waals surface area contributed by atoms with E-state index in [0.717, 1.165) is 0 Å². The van der Waals surface area contributed by atoms with Crippen molar-refractivity contribution in [3.05, 3.63) is 34.3 Å². The van der Waals surface area contributed by atoms with E-state index in [0.29, 0.717) is 5.56 Å². The van der Waals surface area contributed by atoms with Crippen molar-refractivity contribution in [1.29, 1.82) is 0 Å². The molecule has 0 atom stereocenters. The Balaban J connectivity index is 3.36. The van der Waals surface area contributed by atoms with Gasteiger partial charge in [0.05, 0.1) is 0 Å². The van der Waals surface area contributed by atoms with E-state index >= 15 is 0 Å². The molecule has 1 aromatic carbocycles. The SMILES string of the molecule is CC(C)(N)c1cccc(Cl)c1C(F)F. The monoisotopic (exact) mass is 219 g/mol. The van der Waals surface area contributed by atoms with Gasteiger partial charge in [0, 0.05) is 16.1 Å². The normalized spacial score (nSPS) is 12.2. The average molecular weight is 220 g/mol. The third kappa shape index (κ3) is 2.22. The molecule has 2 N–H and O–H groups in total. The van der Waals surface area contributed by atoms with E-state index in [1.807, 2.05) is 0 Å². The third-order valence-electron chi connectivity index (χ3n) is 1.97. The largest absolute Gasteiger partial charge is 0.322 e. The maximum atomic E-state index is 12.7. The Labute approximate surface area is 86.9 Å². The van der Waals surface area contributed by atoms with Crippen molar-refractivity contribution in [1.82, 2.24) is 0 Å². The van der Waals surface area contributed by atoms with Gasteiger partial charge in [-0.05, 0) is 25.5 Å². The minimum absolute atomic E-state index is 0.0658. The zero-order chi connectivity index (χ0) is 10.9. The highest BCUT2D eigenvalue weighted by Crippen LogP contribution is 2.34. The molecule has 0 aliphatic rings. The second kappa shape index (κ2) is 3.83. The Morgan fingerprint density at radius 1 is 1.36 bits per heavy atom. The van der Waals surface area contributed by atoms with E-state index in [4.69, 9.17) is 17.3 Å². The molecular formula is C10H12ClF2N. The van der Waals surface area contributed by atoms with E-state index in [9.17, 15) is 8.78 Å². The predicted molar refractivity (Wildman–Crippen MR) is 53.6 cm³/mol. The van der Waals surface area contributed by atoms with Gasteiger partial charge in [0.1, 0.15) is 0 Å². The topological polar surface area (TPSA) is 26.0 Å². The molecule has 0 spiro atoms. The Hall–Kier alpha value is -0.670. The first-order valence-corrected chi connectivity index (χ1v) is 4.57. The lowest BCUT2D eigenvalue weighted by Gasteiger charge is -2.23. The van der Waals surface area contributed by atoms with Crippen LogP contribution in [0.2, 0.25) is 5.02 Å². The first-order valence-electron chi connectivity index (χ1n) is 4.20. The van der Waals surface area contributed by atoms with Crippen LogP contribution in [0.15, 0.2) is 18.2 Å². The molecule has 0 heterocycles. The number of rotatable bonds is 2. The summed E-state index contributed by atoms with van der Waals surface area (Å²) >= 11 is 5.69. The molecule has 1 aromatic rings. The van der Waals surface area contributed by atoms with Crippen molar-refractivity contribution in [2.75, 3.05) is 0 Å². The summed E-state index contributed by atoms with van der Waals surface area (Å²) < 4.78 is 25.4. The van der Waals surface area contributed by atoms with Crippen LogP contribution in [0.4, 0.5) is 8.78 Å². The molecule has 0 aliphatic carbocycles. The maximum Gasteiger partial charge on any atom is 0.265 e. The molecule has 0 amide bonds. The molecule has 14 heavy (non-hydrogen) atoms. The van der Waals surface area contributed by atoms with E-state index < -0.39 is 12.0 Å². The van der Waals surface area contributed by atoms with Crippen LogP contribution in [0.25, 0.3) is 0 Å². The molecule has 0 aromatic heterocycles. The highest BCUT2D eigenvalue weighted by Gasteiger charge is 2.24. The summed E-state index contributed by atoms with van der Waals surface area (Å²) in [5.74, 6) is 0. The number of nitrogens with two attached hydrogens (primary N) is 1. The van der Waals surface area contributed by atoms with Gasteiger partial charge in [-0.1, -0.05) is 23.7 Å². The highest BCUT2D eigenvalue weighted by molar-refractivity contribution is 6.31.